The van der Waals surface area contributed by atoms with Gasteiger partial charge in [-0.15, -0.1) is 0 Å². The highest BCUT2D eigenvalue weighted by molar-refractivity contribution is 7.91. The van der Waals surface area contributed by atoms with Crippen LogP contribution in [0.2, 0.25) is 0 Å². The van der Waals surface area contributed by atoms with Crippen LogP contribution in [0.1, 0.15) is 48.5 Å². The van der Waals surface area contributed by atoms with Crippen LogP contribution < -0.4 is 21.1 Å². The second-order valence-electron chi connectivity index (χ2n) is 11.0. The van der Waals surface area contributed by atoms with E-state index in [1.807, 2.05) is 0 Å². The molecule has 1 saturated heterocycles. The molecular formula is C33H36FN5O6S. The minimum atomic E-state index is -3.72. The molecule has 4 N–H and O–H groups in total. The number of nitrogens with one attached hydrogen (secondary N) is 2. The van der Waals surface area contributed by atoms with Crippen molar-refractivity contribution in [3.8, 4) is 5.75 Å². The van der Waals surface area contributed by atoms with E-state index in [1.54, 1.807) is 48.4 Å². The normalized spacial score (nSPS) is 15.4. The molecule has 242 valence electrons. The Balaban J connectivity index is 1.61. The number of aromatic nitrogens is 1. The number of rotatable bonds is 9. The average Bonchev–Trinajstić information content (AvgIpc) is 3.54. The summed E-state index contributed by atoms with van der Waals surface area (Å²) >= 11 is 0. The summed E-state index contributed by atoms with van der Waals surface area (Å²) in [4.78, 5) is 32.3. The van der Waals surface area contributed by atoms with E-state index in [2.05, 4.69) is 15.6 Å². The summed E-state index contributed by atoms with van der Waals surface area (Å²) in [7, 11) is -1.03. The standard InChI is InChI=1S/C33H36FN5O6S/c1-5-46(42,43)29-11-9-22(38-33(41)45-4)17-25(29)27-7-6-14-39(27)32(40)30(24-18-28(44-3)19(2)15-26(24)34)37-21-8-10-23-20(16-21)12-13-36-31(23)35/h8-13,15-18,27,30,37H,5-7,14H2,1-4H3,(H2,35,36)(H,38,41)/t27-,30-/m1/s1. The van der Waals surface area contributed by atoms with E-state index in [-0.39, 0.29) is 16.2 Å². The number of carbonyl (C=O) groups excluding carboxylic acids is 2. The summed E-state index contributed by atoms with van der Waals surface area (Å²) in [6, 6.07) is 12.5. The second kappa shape index (κ2) is 13.2. The molecular weight excluding hydrogens is 613 g/mol. The molecule has 1 aromatic heterocycles. The van der Waals surface area contributed by atoms with Crippen molar-refractivity contribution in [3.63, 3.8) is 0 Å². The number of hydrogen-bond donors (Lipinski definition) is 3. The minimum absolute atomic E-state index is 0.0588. The molecule has 46 heavy (non-hydrogen) atoms. The molecule has 0 spiro atoms. The van der Waals surface area contributed by atoms with E-state index in [9.17, 15) is 18.0 Å². The molecule has 0 aliphatic carbocycles. The quantitative estimate of drug-likeness (QED) is 0.205. The molecule has 1 fully saturated rings. The first kappa shape index (κ1) is 32.5. The van der Waals surface area contributed by atoms with Gasteiger partial charge >= 0.3 is 6.09 Å². The lowest BCUT2D eigenvalue weighted by molar-refractivity contribution is -0.133. The van der Waals surface area contributed by atoms with Crippen molar-refractivity contribution in [1.29, 1.82) is 0 Å². The van der Waals surface area contributed by atoms with Crippen molar-refractivity contribution in [1.82, 2.24) is 9.88 Å². The van der Waals surface area contributed by atoms with Crippen molar-refractivity contribution in [2.45, 2.75) is 43.7 Å². The summed E-state index contributed by atoms with van der Waals surface area (Å²) in [5.74, 6) is -0.470. The molecule has 1 aliphatic rings. The Morgan fingerprint density at radius 1 is 1.11 bits per heavy atom. The van der Waals surface area contributed by atoms with Crippen molar-refractivity contribution in [2.24, 2.45) is 0 Å². The van der Waals surface area contributed by atoms with Crippen molar-refractivity contribution < 1.29 is 31.9 Å². The number of likely N-dealkylation sites (tertiary alicyclic amines) is 1. The van der Waals surface area contributed by atoms with Gasteiger partial charge in [-0.3, -0.25) is 10.1 Å². The van der Waals surface area contributed by atoms with Crippen LogP contribution in [0.5, 0.6) is 5.75 Å². The molecule has 0 saturated carbocycles. The van der Waals surface area contributed by atoms with Crippen molar-refractivity contribution in [3.05, 3.63) is 83.3 Å². The highest BCUT2D eigenvalue weighted by atomic mass is 32.2. The molecule has 5 rings (SSSR count). The number of fused-ring (bicyclic) bond motifs is 1. The number of anilines is 3. The Morgan fingerprint density at radius 2 is 1.87 bits per heavy atom. The summed E-state index contributed by atoms with van der Waals surface area (Å²) in [6.07, 6.45) is 1.88. The van der Waals surface area contributed by atoms with E-state index in [0.717, 1.165) is 10.8 Å². The Hall–Kier alpha value is -4.91. The van der Waals surface area contributed by atoms with Gasteiger partial charge < -0.3 is 25.4 Å². The first-order chi connectivity index (χ1) is 22.0. The van der Waals surface area contributed by atoms with Gasteiger partial charge in [0.1, 0.15) is 23.4 Å². The Labute approximate surface area is 266 Å². The zero-order valence-corrected chi connectivity index (χ0v) is 26.8. The molecule has 2 atom stereocenters. The van der Waals surface area contributed by atoms with Crippen LogP contribution in [0.15, 0.2) is 65.7 Å². The van der Waals surface area contributed by atoms with Crippen LogP contribution in [0, 0.1) is 12.7 Å². The number of nitrogens with two attached hydrogens (primary N) is 1. The number of pyridine rings is 1. The number of carbonyl (C=O) groups is 2. The zero-order chi connectivity index (χ0) is 33.2. The molecule has 11 nitrogen and oxygen atoms in total. The van der Waals surface area contributed by atoms with E-state index in [4.69, 9.17) is 15.2 Å². The largest absolute Gasteiger partial charge is 0.496 e. The Kier molecular flexibility index (Phi) is 9.33. The number of nitrogens with zero attached hydrogens (tertiary/aromatic N) is 2. The summed E-state index contributed by atoms with van der Waals surface area (Å²) in [5.41, 5.74) is 7.86. The number of benzene rings is 3. The van der Waals surface area contributed by atoms with Crippen LogP contribution in [0.25, 0.3) is 10.8 Å². The van der Waals surface area contributed by atoms with Crippen LogP contribution in [-0.4, -0.2) is 56.8 Å². The van der Waals surface area contributed by atoms with Crippen LogP contribution >= 0.6 is 0 Å². The van der Waals surface area contributed by atoms with E-state index in [1.165, 1.54) is 45.4 Å². The number of ether oxygens (including phenoxy) is 2. The predicted molar refractivity (Wildman–Crippen MR) is 174 cm³/mol. The third-order valence-electron chi connectivity index (χ3n) is 8.23. The first-order valence-corrected chi connectivity index (χ1v) is 16.4. The molecule has 4 aromatic rings. The van der Waals surface area contributed by atoms with Gasteiger partial charge in [-0.05, 0) is 90.9 Å². The fourth-order valence-corrected chi connectivity index (χ4v) is 6.99. The predicted octanol–water partition coefficient (Wildman–Crippen LogP) is 5.76. The topological polar surface area (TPSA) is 153 Å². The Bertz CT molecular complexity index is 1920. The van der Waals surface area contributed by atoms with Crippen LogP contribution in [0.4, 0.5) is 26.4 Å². The van der Waals surface area contributed by atoms with Crippen molar-refractivity contribution >= 4 is 49.8 Å². The minimum Gasteiger partial charge on any atom is -0.496 e. The van der Waals surface area contributed by atoms with Gasteiger partial charge in [-0.25, -0.2) is 22.6 Å². The number of hydrogen-bond acceptors (Lipinski definition) is 9. The monoisotopic (exact) mass is 649 g/mol. The second-order valence-corrected chi connectivity index (χ2v) is 13.3. The van der Waals surface area contributed by atoms with Crippen LogP contribution in [0.3, 0.4) is 0 Å². The van der Waals surface area contributed by atoms with E-state index >= 15 is 4.39 Å². The van der Waals surface area contributed by atoms with Gasteiger partial charge in [0.15, 0.2) is 9.84 Å². The SMILES string of the molecule is CCS(=O)(=O)c1ccc(NC(=O)OC)cc1[C@H]1CCCN1C(=O)[C@H](Nc1ccc2c(N)nccc2c1)c1cc(OC)c(C)cc1F. The van der Waals surface area contributed by atoms with Gasteiger partial charge in [-0.2, -0.15) is 0 Å². The third kappa shape index (κ3) is 6.41. The number of nitrogen functional groups attached to an aromatic ring is 1. The number of aryl methyl sites for hydroxylation is 1. The maximum Gasteiger partial charge on any atom is 0.411 e. The number of amides is 2. The van der Waals surface area contributed by atoms with Gasteiger partial charge in [0.2, 0.25) is 5.91 Å². The number of sulfone groups is 1. The van der Waals surface area contributed by atoms with E-state index < -0.39 is 39.7 Å². The lowest BCUT2D eigenvalue weighted by atomic mass is 9.99. The summed E-state index contributed by atoms with van der Waals surface area (Å²) in [5, 5.41) is 7.30. The average molecular weight is 650 g/mol. The van der Waals surface area contributed by atoms with E-state index in [0.29, 0.717) is 53.5 Å². The maximum atomic E-state index is 15.7. The highest BCUT2D eigenvalue weighted by Gasteiger charge is 2.38. The lowest BCUT2D eigenvalue weighted by Gasteiger charge is -2.32. The van der Waals surface area contributed by atoms with Gasteiger partial charge in [0.25, 0.3) is 0 Å². The van der Waals surface area contributed by atoms with Crippen LogP contribution in [-0.2, 0) is 19.4 Å². The highest BCUT2D eigenvalue weighted by Crippen LogP contribution is 2.40. The zero-order valence-electron chi connectivity index (χ0n) is 26.0. The molecule has 3 aromatic carbocycles. The molecule has 1 aliphatic heterocycles. The fraction of sp³-hybridized carbons (Fsp3) is 0.303. The Morgan fingerprint density at radius 3 is 2.59 bits per heavy atom. The summed E-state index contributed by atoms with van der Waals surface area (Å²) in [6.45, 7) is 3.55. The third-order valence-corrected chi connectivity index (χ3v) is 10.0. The lowest BCUT2D eigenvalue weighted by Crippen LogP contribution is -2.38. The van der Waals surface area contributed by atoms with Gasteiger partial charge in [-0.1, -0.05) is 6.92 Å². The first-order valence-electron chi connectivity index (χ1n) is 14.7. The molecule has 13 heteroatoms. The molecule has 0 unspecified atom stereocenters. The molecule has 0 bridgehead atoms. The molecule has 0 radical (unpaired) electrons. The molecule has 2 heterocycles. The maximum absolute atomic E-state index is 15.7. The smallest absolute Gasteiger partial charge is 0.411 e. The molecule has 2 amide bonds. The number of methoxy groups -OCH3 is 2. The number of halogens is 1. The summed E-state index contributed by atoms with van der Waals surface area (Å²) < 4.78 is 52.4. The fourth-order valence-electron chi connectivity index (χ4n) is 5.85. The van der Waals surface area contributed by atoms with Crippen molar-refractivity contribution in [2.75, 3.05) is 42.9 Å². The van der Waals surface area contributed by atoms with Gasteiger partial charge in [0.05, 0.1) is 30.9 Å². The van der Waals surface area contributed by atoms with Gasteiger partial charge in [0, 0.05) is 35.1 Å².